The molecule has 0 unspecified atom stereocenters. The summed E-state index contributed by atoms with van der Waals surface area (Å²) >= 11 is 6.29. The van der Waals surface area contributed by atoms with Crippen molar-refractivity contribution in [3.05, 3.63) is 64.3 Å². The van der Waals surface area contributed by atoms with E-state index in [4.69, 9.17) is 16.4 Å². The lowest BCUT2D eigenvalue weighted by Gasteiger charge is -2.10. The van der Waals surface area contributed by atoms with Crippen molar-refractivity contribution in [1.29, 1.82) is 0 Å². The van der Waals surface area contributed by atoms with Crippen LogP contribution in [0.2, 0.25) is 5.02 Å². The highest BCUT2D eigenvalue weighted by atomic mass is 35.5. The third-order valence-corrected chi connectivity index (χ3v) is 4.61. The van der Waals surface area contributed by atoms with Gasteiger partial charge in [0.05, 0.1) is 22.0 Å². The molecule has 0 aromatic heterocycles. The van der Waals surface area contributed by atoms with E-state index in [0.717, 1.165) is 11.3 Å². The summed E-state index contributed by atoms with van der Waals surface area (Å²) in [5, 5.41) is 7.71. The minimum Gasteiger partial charge on any atom is -0.352 e. The van der Waals surface area contributed by atoms with Crippen LogP contribution >= 0.6 is 11.6 Å². The van der Waals surface area contributed by atoms with Crippen LogP contribution in [-0.4, -0.2) is 24.6 Å². The fraction of sp³-hybridized carbons (Fsp3) is 0.105. The third kappa shape index (κ3) is 2.38. The number of oxime groups is 1. The van der Waals surface area contributed by atoms with E-state index in [1.807, 2.05) is 30.3 Å². The van der Waals surface area contributed by atoms with E-state index in [1.165, 1.54) is 11.8 Å². The molecular formula is C19H14ClN3O3. The molecule has 0 aliphatic carbocycles. The van der Waals surface area contributed by atoms with E-state index in [-0.39, 0.29) is 5.91 Å². The van der Waals surface area contributed by atoms with Crippen molar-refractivity contribution in [1.82, 2.24) is 0 Å². The second-order valence-corrected chi connectivity index (χ2v) is 6.35. The molecule has 6 nitrogen and oxygen atoms in total. The van der Waals surface area contributed by atoms with E-state index in [2.05, 4.69) is 10.5 Å². The first-order chi connectivity index (χ1) is 12.5. The zero-order valence-corrected chi connectivity index (χ0v) is 14.8. The van der Waals surface area contributed by atoms with Crippen LogP contribution in [0.4, 0.5) is 11.4 Å². The Kier molecular flexibility index (Phi) is 3.77. The maximum absolute atomic E-state index is 12.9. The van der Waals surface area contributed by atoms with Gasteiger partial charge in [0.2, 0.25) is 0 Å². The van der Waals surface area contributed by atoms with E-state index < -0.39 is 5.97 Å². The number of nitrogens with zero attached hydrogens (tertiary/aromatic N) is 2. The second-order valence-electron chi connectivity index (χ2n) is 5.94. The number of likely N-dealkylation sites (N-methyl/N-ethyl adjacent to an activating group) is 1. The van der Waals surface area contributed by atoms with E-state index in [0.29, 0.717) is 33.3 Å². The number of benzene rings is 2. The molecule has 0 radical (unpaired) electrons. The van der Waals surface area contributed by atoms with Gasteiger partial charge in [0.1, 0.15) is 5.71 Å². The molecule has 130 valence electrons. The summed E-state index contributed by atoms with van der Waals surface area (Å²) in [5.41, 5.74) is 4.22. The minimum absolute atomic E-state index is 0.209. The van der Waals surface area contributed by atoms with Crippen LogP contribution in [0.3, 0.4) is 0 Å². The summed E-state index contributed by atoms with van der Waals surface area (Å²) in [4.78, 5) is 30.6. The molecule has 0 fully saturated rings. The predicted molar refractivity (Wildman–Crippen MR) is 100 cm³/mol. The number of carbonyl (C=O) groups is 2. The van der Waals surface area contributed by atoms with Crippen LogP contribution in [0.25, 0.3) is 5.57 Å². The lowest BCUT2D eigenvalue weighted by molar-refractivity contribution is -0.140. The van der Waals surface area contributed by atoms with Crippen LogP contribution in [0, 0.1) is 0 Å². The van der Waals surface area contributed by atoms with E-state index in [9.17, 15) is 9.59 Å². The van der Waals surface area contributed by atoms with Gasteiger partial charge in [-0.2, -0.15) is 0 Å². The van der Waals surface area contributed by atoms with Crippen molar-refractivity contribution in [3.8, 4) is 0 Å². The van der Waals surface area contributed by atoms with Crippen LogP contribution < -0.4 is 10.2 Å². The number of amides is 1. The number of hydrogen-bond acceptors (Lipinski definition) is 5. The SMILES string of the molecule is CC(=O)O/N=C1\C(=C2\C(=O)N(C)c3c(Cl)cccc32)Nc2ccccc21. The summed E-state index contributed by atoms with van der Waals surface area (Å²) in [6.45, 7) is 1.27. The third-order valence-electron chi connectivity index (χ3n) is 4.30. The van der Waals surface area contributed by atoms with Crippen LogP contribution in [-0.2, 0) is 14.4 Å². The van der Waals surface area contributed by atoms with Crippen molar-refractivity contribution < 1.29 is 14.4 Å². The lowest BCUT2D eigenvalue weighted by atomic mass is 10.0. The van der Waals surface area contributed by atoms with Gasteiger partial charge < -0.3 is 15.1 Å². The quantitative estimate of drug-likeness (QED) is 0.476. The molecule has 7 heteroatoms. The van der Waals surface area contributed by atoms with Gasteiger partial charge in [-0.05, 0) is 12.1 Å². The molecule has 4 rings (SSSR count). The van der Waals surface area contributed by atoms with E-state index in [1.54, 1.807) is 19.2 Å². The van der Waals surface area contributed by atoms with Gasteiger partial charge in [0.15, 0.2) is 0 Å². The number of anilines is 2. The van der Waals surface area contributed by atoms with Crippen LogP contribution in [0.5, 0.6) is 0 Å². The molecule has 0 saturated carbocycles. The Balaban J connectivity index is 1.97. The van der Waals surface area contributed by atoms with Crippen molar-refractivity contribution in [3.63, 3.8) is 0 Å². The Labute approximate surface area is 154 Å². The Morgan fingerprint density at radius 2 is 1.88 bits per heavy atom. The normalized spacial score (nSPS) is 19.4. The molecule has 1 amide bonds. The largest absolute Gasteiger partial charge is 0.352 e. The maximum Gasteiger partial charge on any atom is 0.332 e. The van der Waals surface area contributed by atoms with Crippen molar-refractivity contribution in [2.24, 2.45) is 5.16 Å². The monoisotopic (exact) mass is 367 g/mol. The Morgan fingerprint density at radius 3 is 2.65 bits per heavy atom. The van der Waals surface area contributed by atoms with Gasteiger partial charge in [0.25, 0.3) is 5.91 Å². The number of para-hydroxylation sites is 2. The highest BCUT2D eigenvalue weighted by Crippen LogP contribution is 2.44. The second kappa shape index (κ2) is 6.00. The van der Waals surface area contributed by atoms with Crippen LogP contribution in [0.15, 0.2) is 53.3 Å². The van der Waals surface area contributed by atoms with Gasteiger partial charge in [0, 0.05) is 30.8 Å². The van der Waals surface area contributed by atoms with E-state index >= 15 is 0 Å². The highest BCUT2D eigenvalue weighted by molar-refractivity contribution is 6.43. The summed E-state index contributed by atoms with van der Waals surface area (Å²) in [6, 6.07) is 12.8. The average Bonchev–Trinajstić information content (AvgIpc) is 3.09. The summed E-state index contributed by atoms with van der Waals surface area (Å²) in [6.07, 6.45) is 0. The molecule has 0 saturated heterocycles. The summed E-state index contributed by atoms with van der Waals surface area (Å²) < 4.78 is 0. The number of fused-ring (bicyclic) bond motifs is 2. The molecule has 0 spiro atoms. The van der Waals surface area contributed by atoms with Gasteiger partial charge in [-0.25, -0.2) is 4.79 Å². The number of hydrogen-bond donors (Lipinski definition) is 1. The Hall–Kier alpha value is -3.12. The van der Waals surface area contributed by atoms with Gasteiger partial charge >= 0.3 is 5.97 Å². The highest BCUT2D eigenvalue weighted by Gasteiger charge is 2.38. The Bertz CT molecular complexity index is 1030. The fourth-order valence-corrected chi connectivity index (χ4v) is 3.50. The molecule has 2 aromatic carbocycles. The number of nitrogens with one attached hydrogen (secondary N) is 1. The lowest BCUT2D eigenvalue weighted by Crippen LogP contribution is -2.22. The zero-order chi connectivity index (χ0) is 18.4. The fourth-order valence-electron chi connectivity index (χ4n) is 3.20. The first-order valence-corrected chi connectivity index (χ1v) is 8.30. The summed E-state index contributed by atoms with van der Waals surface area (Å²) in [7, 11) is 1.67. The zero-order valence-electron chi connectivity index (χ0n) is 14.0. The maximum atomic E-state index is 12.9. The minimum atomic E-state index is -0.537. The van der Waals surface area contributed by atoms with Gasteiger partial charge in [-0.15, -0.1) is 0 Å². The number of carbonyl (C=O) groups excluding carboxylic acids is 2. The topological polar surface area (TPSA) is 71.0 Å². The molecule has 2 heterocycles. The average molecular weight is 368 g/mol. The first kappa shape index (κ1) is 16.4. The molecular weight excluding hydrogens is 354 g/mol. The molecule has 0 atom stereocenters. The van der Waals surface area contributed by atoms with Crippen molar-refractivity contribution in [2.75, 3.05) is 17.3 Å². The summed E-state index contributed by atoms with van der Waals surface area (Å²) in [5.74, 6) is -0.747. The van der Waals surface area contributed by atoms with Gasteiger partial charge in [-0.1, -0.05) is 47.1 Å². The molecule has 2 aromatic rings. The van der Waals surface area contributed by atoms with Crippen LogP contribution in [0.1, 0.15) is 18.1 Å². The number of halogens is 1. The molecule has 2 aliphatic rings. The van der Waals surface area contributed by atoms with Crippen molar-refractivity contribution in [2.45, 2.75) is 6.92 Å². The van der Waals surface area contributed by atoms with Gasteiger partial charge in [-0.3, -0.25) is 4.79 Å². The standard InChI is InChI=1S/C19H14ClN3O3/c1-10(24)26-22-16-11-6-3-4-9-14(11)21-17(16)15-12-7-5-8-13(20)18(12)23(2)19(15)25/h3-9,21H,1-2H3/b17-15-,22-16-. The molecule has 1 N–H and O–H groups in total. The Morgan fingerprint density at radius 1 is 1.15 bits per heavy atom. The first-order valence-electron chi connectivity index (χ1n) is 7.92. The molecule has 26 heavy (non-hydrogen) atoms. The number of allylic oxidation sites excluding steroid dienone is 1. The molecule has 0 bridgehead atoms. The number of rotatable bonds is 1. The smallest absolute Gasteiger partial charge is 0.332 e. The predicted octanol–water partition coefficient (Wildman–Crippen LogP) is 3.42. The van der Waals surface area contributed by atoms with Crippen molar-refractivity contribution >= 4 is 46.1 Å². The molecule has 2 aliphatic heterocycles.